The number of hydrogen-bond donors (Lipinski definition) is 3. The predicted octanol–water partition coefficient (Wildman–Crippen LogP) is 1.61. The van der Waals surface area contributed by atoms with Crippen molar-refractivity contribution in [2.75, 3.05) is 19.6 Å². The van der Waals surface area contributed by atoms with E-state index in [0.717, 1.165) is 21.8 Å². The van der Waals surface area contributed by atoms with Crippen molar-refractivity contribution in [3.05, 3.63) is 77.2 Å². The maximum absolute atomic E-state index is 13.0. The number of β-amino-alcohol motifs (C(OH)–C–C–N with tert-alkyl or cyclic N) is 1. The van der Waals surface area contributed by atoms with E-state index in [-0.39, 0.29) is 37.5 Å². The van der Waals surface area contributed by atoms with E-state index in [4.69, 9.17) is 0 Å². The Morgan fingerprint density at radius 2 is 1.62 bits per heavy atom. The average molecular weight is 562 g/mol. The van der Waals surface area contributed by atoms with Crippen molar-refractivity contribution < 1.29 is 39.9 Å². The topological polar surface area (TPSA) is 133 Å². The first kappa shape index (κ1) is 28.8. The second-order valence-corrected chi connectivity index (χ2v) is 12.2. The molecule has 1 aliphatic heterocycles. The molecule has 3 rings (SSSR count). The van der Waals surface area contributed by atoms with Crippen molar-refractivity contribution in [2.24, 2.45) is 5.92 Å². The Morgan fingerprint density at radius 3 is 2.19 bits per heavy atom. The molecule has 1 saturated heterocycles. The Kier molecular flexibility index (Phi) is 8.80. The van der Waals surface area contributed by atoms with E-state index in [9.17, 15) is 39.9 Å². The van der Waals surface area contributed by atoms with Gasteiger partial charge in [-0.25, -0.2) is 21.6 Å². The van der Waals surface area contributed by atoms with E-state index in [1.54, 1.807) is 0 Å². The first-order chi connectivity index (χ1) is 17.2. The minimum Gasteiger partial charge on any atom is -0.391 e. The molecule has 2 atom stereocenters. The molecule has 0 saturated carbocycles. The van der Waals surface area contributed by atoms with Crippen LogP contribution >= 0.6 is 0 Å². The van der Waals surface area contributed by atoms with Gasteiger partial charge in [-0.2, -0.15) is 17.5 Å². The lowest BCUT2D eigenvalue weighted by Gasteiger charge is -2.16. The number of rotatable bonds is 10. The monoisotopic (exact) mass is 561 g/mol. The van der Waals surface area contributed by atoms with Crippen LogP contribution in [0.3, 0.4) is 0 Å². The molecule has 14 heteroatoms. The van der Waals surface area contributed by atoms with Crippen LogP contribution < -0.4 is 10.0 Å². The fourth-order valence-corrected chi connectivity index (χ4v) is 5.76. The molecule has 0 radical (unpaired) electrons. The number of nitrogens with one attached hydrogen (secondary N) is 2. The van der Waals surface area contributed by atoms with Crippen molar-refractivity contribution in [1.82, 2.24) is 14.3 Å². The first-order valence-corrected chi connectivity index (χ1v) is 14.0. The summed E-state index contributed by atoms with van der Waals surface area (Å²) in [6.45, 7) is 2.77. The van der Waals surface area contributed by atoms with E-state index >= 15 is 0 Å². The molecule has 0 bridgehead atoms. The number of sulfonamides is 2. The van der Waals surface area contributed by atoms with Crippen molar-refractivity contribution in [3.63, 3.8) is 0 Å². The summed E-state index contributed by atoms with van der Waals surface area (Å²) in [5.74, 6) is -1.04. The van der Waals surface area contributed by atoms with Crippen LogP contribution in [0.25, 0.3) is 0 Å². The Balaban J connectivity index is 1.55. The molecule has 2 aromatic carbocycles. The molecule has 1 amide bonds. The zero-order valence-corrected chi connectivity index (χ0v) is 21.1. The Bertz CT molecular complexity index is 1330. The van der Waals surface area contributed by atoms with Gasteiger partial charge in [0.05, 0.1) is 23.0 Å². The third-order valence-corrected chi connectivity index (χ3v) is 8.69. The minimum atomic E-state index is -4.44. The van der Waals surface area contributed by atoms with Crippen LogP contribution in [0.4, 0.5) is 13.2 Å². The van der Waals surface area contributed by atoms with E-state index < -0.39 is 49.7 Å². The van der Waals surface area contributed by atoms with Gasteiger partial charge in [-0.1, -0.05) is 30.8 Å². The first-order valence-electron chi connectivity index (χ1n) is 11.0. The van der Waals surface area contributed by atoms with Gasteiger partial charge in [0, 0.05) is 37.5 Å². The highest BCUT2D eigenvalue weighted by Gasteiger charge is 2.38. The fourth-order valence-electron chi connectivity index (χ4n) is 3.68. The van der Waals surface area contributed by atoms with Crippen molar-refractivity contribution in [1.29, 1.82) is 0 Å². The number of carbonyl (C=O) groups is 1. The van der Waals surface area contributed by atoms with Crippen molar-refractivity contribution >= 4 is 26.0 Å². The number of amides is 1. The van der Waals surface area contributed by atoms with Gasteiger partial charge in [-0.15, -0.1) is 0 Å². The standard InChI is InChI=1S/C23H26F3N3O6S2/c1-2-36(32,33)28-13-18-14-29(15-21(18)30)37(34,35)20-9-5-16(6-10-20)11-22(31)27-12-17-3-7-19(8-4-17)23(24,25)26/h2-10,18,21,28,30H,1,11-15H2,(H,27,31)/t18-,21-/m1/s1. The third-order valence-electron chi connectivity index (χ3n) is 5.84. The number of aliphatic hydroxyl groups excluding tert-OH is 1. The zero-order chi connectivity index (χ0) is 27.4. The van der Waals surface area contributed by atoms with Gasteiger partial charge in [0.15, 0.2) is 0 Å². The van der Waals surface area contributed by atoms with Crippen molar-refractivity contribution in [2.45, 2.75) is 30.1 Å². The molecule has 3 N–H and O–H groups in total. The summed E-state index contributed by atoms with van der Waals surface area (Å²) >= 11 is 0. The van der Waals surface area contributed by atoms with Gasteiger partial charge < -0.3 is 10.4 Å². The molecule has 0 spiro atoms. The lowest BCUT2D eigenvalue weighted by Crippen LogP contribution is -2.33. The zero-order valence-electron chi connectivity index (χ0n) is 19.5. The summed E-state index contributed by atoms with van der Waals surface area (Å²) in [6.07, 6.45) is -5.58. The minimum absolute atomic E-state index is 0.0326. The molecule has 1 fully saturated rings. The highest BCUT2D eigenvalue weighted by molar-refractivity contribution is 7.92. The molecule has 0 unspecified atom stereocenters. The number of carbonyl (C=O) groups excluding carboxylic acids is 1. The van der Waals surface area contributed by atoms with E-state index in [1.807, 2.05) is 0 Å². The van der Waals surface area contributed by atoms with Gasteiger partial charge in [0.2, 0.25) is 26.0 Å². The van der Waals surface area contributed by atoms with Crippen LogP contribution in [-0.4, -0.2) is 57.9 Å². The van der Waals surface area contributed by atoms with Gasteiger partial charge in [0.1, 0.15) is 0 Å². The van der Waals surface area contributed by atoms with Crippen molar-refractivity contribution in [3.8, 4) is 0 Å². The second kappa shape index (κ2) is 11.3. The third kappa shape index (κ3) is 7.61. The number of aliphatic hydroxyl groups is 1. The Hall–Kier alpha value is -2.78. The summed E-state index contributed by atoms with van der Waals surface area (Å²) in [7, 11) is -7.69. The maximum Gasteiger partial charge on any atom is 0.416 e. The molecule has 1 heterocycles. The lowest BCUT2D eigenvalue weighted by atomic mass is 10.1. The highest BCUT2D eigenvalue weighted by Crippen LogP contribution is 2.29. The molecule has 0 aromatic heterocycles. The number of alkyl halides is 3. The molecule has 0 aliphatic carbocycles. The number of halogens is 3. The average Bonchev–Trinajstić information content (AvgIpc) is 3.23. The SMILES string of the molecule is C=CS(=O)(=O)NC[C@@H]1CN(S(=O)(=O)c2ccc(CC(=O)NCc3ccc(C(F)(F)F)cc3)cc2)C[C@H]1O. The van der Waals surface area contributed by atoms with Crippen LogP contribution in [0.5, 0.6) is 0 Å². The smallest absolute Gasteiger partial charge is 0.391 e. The van der Waals surface area contributed by atoms with Crippen LogP contribution in [0.15, 0.2) is 65.4 Å². The van der Waals surface area contributed by atoms with Crippen LogP contribution in [0, 0.1) is 5.92 Å². The van der Waals surface area contributed by atoms with Gasteiger partial charge in [0.25, 0.3) is 0 Å². The molecule has 1 aliphatic rings. The molecule has 202 valence electrons. The number of nitrogens with zero attached hydrogens (tertiary/aromatic N) is 1. The van der Waals surface area contributed by atoms with E-state index in [1.165, 1.54) is 36.4 Å². The highest BCUT2D eigenvalue weighted by atomic mass is 32.2. The lowest BCUT2D eigenvalue weighted by molar-refractivity contribution is -0.137. The second-order valence-electron chi connectivity index (χ2n) is 8.50. The molecule has 2 aromatic rings. The molecule has 9 nitrogen and oxygen atoms in total. The molecular formula is C23H26F3N3O6S2. The summed E-state index contributed by atoms with van der Waals surface area (Å²) < 4.78 is 90.2. The summed E-state index contributed by atoms with van der Waals surface area (Å²) in [5.41, 5.74) is 0.224. The largest absolute Gasteiger partial charge is 0.416 e. The van der Waals surface area contributed by atoms with Gasteiger partial charge in [-0.05, 0) is 35.4 Å². The van der Waals surface area contributed by atoms with Gasteiger partial charge >= 0.3 is 6.18 Å². The fraction of sp³-hybridized carbons (Fsp3) is 0.348. The van der Waals surface area contributed by atoms with Gasteiger partial charge in [-0.3, -0.25) is 4.79 Å². The normalized spacial score (nSPS) is 19.0. The van der Waals surface area contributed by atoms with Crippen LogP contribution in [0.1, 0.15) is 16.7 Å². The number of hydrogen-bond acceptors (Lipinski definition) is 6. The van der Waals surface area contributed by atoms with E-state index in [2.05, 4.69) is 16.6 Å². The summed E-state index contributed by atoms with van der Waals surface area (Å²) in [6, 6.07) is 10.00. The Morgan fingerprint density at radius 1 is 1.03 bits per heavy atom. The maximum atomic E-state index is 13.0. The van der Waals surface area contributed by atoms with E-state index in [0.29, 0.717) is 11.1 Å². The predicted molar refractivity (Wildman–Crippen MR) is 129 cm³/mol. The Labute approximate surface area is 213 Å². The van der Waals surface area contributed by atoms with Crippen LogP contribution in [-0.2, 0) is 44.0 Å². The summed E-state index contributed by atoms with van der Waals surface area (Å²) in [4.78, 5) is 12.2. The van der Waals surface area contributed by atoms with Crippen LogP contribution in [0.2, 0.25) is 0 Å². The number of benzene rings is 2. The quantitative estimate of drug-likeness (QED) is 0.404. The molecular weight excluding hydrogens is 535 g/mol. The summed E-state index contributed by atoms with van der Waals surface area (Å²) in [5, 5.41) is 13.5. The molecule has 37 heavy (non-hydrogen) atoms.